The van der Waals surface area contributed by atoms with Gasteiger partial charge in [0.05, 0.1) is 7.11 Å². The van der Waals surface area contributed by atoms with Gasteiger partial charge in [-0.3, -0.25) is 4.79 Å². The van der Waals surface area contributed by atoms with Crippen LogP contribution in [0.5, 0.6) is 11.5 Å². The number of aryl methyl sites for hydroxylation is 2. The lowest BCUT2D eigenvalue weighted by atomic mass is 10.1. The van der Waals surface area contributed by atoms with Crippen LogP contribution in [0.4, 0.5) is 5.82 Å². The Morgan fingerprint density at radius 2 is 1.93 bits per heavy atom. The van der Waals surface area contributed by atoms with E-state index in [1.165, 1.54) is 0 Å². The molecule has 1 amide bonds. The van der Waals surface area contributed by atoms with E-state index in [4.69, 9.17) is 25.7 Å². The Labute approximate surface area is 167 Å². The first-order valence-electron chi connectivity index (χ1n) is 8.60. The second-order valence-electron chi connectivity index (χ2n) is 6.31. The molecule has 3 rings (SSSR count). The van der Waals surface area contributed by atoms with Gasteiger partial charge in [0, 0.05) is 10.6 Å². The van der Waals surface area contributed by atoms with E-state index < -0.39 is 6.10 Å². The third-order valence-electron chi connectivity index (χ3n) is 4.21. The summed E-state index contributed by atoms with van der Waals surface area (Å²) in [4.78, 5) is 12.5. The van der Waals surface area contributed by atoms with Crippen molar-refractivity contribution in [1.82, 2.24) is 10.3 Å². The molecule has 8 heteroatoms. The number of rotatable bonds is 6. The van der Waals surface area contributed by atoms with Gasteiger partial charge in [-0.25, -0.2) is 4.63 Å². The van der Waals surface area contributed by atoms with Crippen molar-refractivity contribution in [2.24, 2.45) is 0 Å². The van der Waals surface area contributed by atoms with Gasteiger partial charge in [0.1, 0.15) is 11.5 Å². The number of halogens is 1. The highest BCUT2D eigenvalue weighted by atomic mass is 35.5. The molecular weight excluding hydrogens is 382 g/mol. The van der Waals surface area contributed by atoms with Crippen LogP contribution in [0.3, 0.4) is 0 Å². The largest absolute Gasteiger partial charge is 0.496 e. The molecule has 0 unspecified atom stereocenters. The Kier molecular flexibility index (Phi) is 5.84. The normalized spacial score (nSPS) is 11.8. The van der Waals surface area contributed by atoms with Gasteiger partial charge >= 0.3 is 0 Å². The molecule has 1 heterocycles. The van der Waals surface area contributed by atoms with Crippen LogP contribution >= 0.6 is 11.6 Å². The predicted molar refractivity (Wildman–Crippen MR) is 106 cm³/mol. The maximum atomic E-state index is 12.5. The second kappa shape index (κ2) is 8.31. The van der Waals surface area contributed by atoms with Crippen molar-refractivity contribution in [2.45, 2.75) is 26.9 Å². The smallest absolute Gasteiger partial charge is 0.266 e. The molecule has 0 aliphatic carbocycles. The van der Waals surface area contributed by atoms with Gasteiger partial charge in [-0.15, -0.1) is 0 Å². The number of benzene rings is 2. The van der Waals surface area contributed by atoms with Gasteiger partial charge < -0.3 is 14.8 Å². The quantitative estimate of drug-likeness (QED) is 0.657. The summed E-state index contributed by atoms with van der Waals surface area (Å²) < 4.78 is 15.8. The molecule has 0 fully saturated rings. The van der Waals surface area contributed by atoms with Gasteiger partial charge in [0.2, 0.25) is 5.82 Å². The van der Waals surface area contributed by atoms with E-state index in [0.717, 1.165) is 22.4 Å². The number of amides is 1. The molecule has 3 aromatic rings. The summed E-state index contributed by atoms with van der Waals surface area (Å²) in [7, 11) is 1.61. The summed E-state index contributed by atoms with van der Waals surface area (Å²) in [5, 5.41) is 11.0. The predicted octanol–water partition coefficient (Wildman–Crippen LogP) is 4.42. The molecule has 0 saturated heterocycles. The Hall–Kier alpha value is -3.06. The summed E-state index contributed by atoms with van der Waals surface area (Å²) >= 11 is 6.01. The van der Waals surface area contributed by atoms with E-state index >= 15 is 0 Å². The average Bonchev–Trinajstić information content (AvgIpc) is 3.12. The van der Waals surface area contributed by atoms with E-state index in [-0.39, 0.29) is 11.7 Å². The molecule has 7 nitrogen and oxygen atoms in total. The lowest BCUT2D eigenvalue weighted by Crippen LogP contribution is -2.30. The van der Waals surface area contributed by atoms with Crippen molar-refractivity contribution in [3.05, 3.63) is 52.5 Å². The van der Waals surface area contributed by atoms with Crippen molar-refractivity contribution in [1.29, 1.82) is 0 Å². The summed E-state index contributed by atoms with van der Waals surface area (Å²) in [6.45, 7) is 5.42. The Morgan fingerprint density at radius 1 is 1.14 bits per heavy atom. The highest BCUT2D eigenvalue weighted by molar-refractivity contribution is 6.31. The van der Waals surface area contributed by atoms with E-state index in [1.54, 1.807) is 32.2 Å². The van der Waals surface area contributed by atoms with Crippen LogP contribution in [0.2, 0.25) is 5.02 Å². The SMILES string of the molecule is COc1ccc(-c2nonc2NC(=O)[C@H](C)Oc2ccc(Cl)c(C)c2)cc1C. The molecule has 2 aromatic carbocycles. The number of ether oxygens (including phenoxy) is 2. The maximum absolute atomic E-state index is 12.5. The first kappa shape index (κ1) is 19.7. The Bertz CT molecular complexity index is 1000. The molecule has 0 bridgehead atoms. The molecule has 0 saturated carbocycles. The van der Waals surface area contributed by atoms with Crippen LogP contribution in [0, 0.1) is 13.8 Å². The fourth-order valence-electron chi connectivity index (χ4n) is 2.65. The van der Waals surface area contributed by atoms with Gasteiger partial charge in [-0.05, 0) is 78.6 Å². The molecule has 28 heavy (non-hydrogen) atoms. The minimum Gasteiger partial charge on any atom is -0.496 e. The van der Waals surface area contributed by atoms with Crippen LogP contribution in [-0.2, 0) is 4.79 Å². The molecule has 0 aliphatic rings. The first-order valence-corrected chi connectivity index (χ1v) is 8.98. The molecular formula is C20H20ClN3O4. The monoisotopic (exact) mass is 401 g/mol. The number of carbonyl (C=O) groups is 1. The van der Waals surface area contributed by atoms with Crippen molar-refractivity contribution >= 4 is 23.3 Å². The number of carbonyl (C=O) groups excluding carboxylic acids is 1. The topological polar surface area (TPSA) is 86.5 Å². The number of nitrogens with zero attached hydrogens (tertiary/aromatic N) is 2. The molecule has 0 aliphatic heterocycles. The zero-order chi connectivity index (χ0) is 20.3. The van der Waals surface area contributed by atoms with Crippen LogP contribution in [0.1, 0.15) is 18.1 Å². The third-order valence-corrected chi connectivity index (χ3v) is 4.63. The van der Waals surface area contributed by atoms with Gasteiger partial charge in [-0.1, -0.05) is 11.6 Å². The minimum atomic E-state index is -0.761. The molecule has 1 N–H and O–H groups in total. The number of aromatic nitrogens is 2. The molecule has 146 valence electrons. The highest BCUT2D eigenvalue weighted by Crippen LogP contribution is 2.29. The summed E-state index contributed by atoms with van der Waals surface area (Å²) in [6, 6.07) is 10.7. The number of nitrogens with one attached hydrogen (secondary N) is 1. The summed E-state index contributed by atoms with van der Waals surface area (Å²) in [6.07, 6.45) is -0.761. The minimum absolute atomic E-state index is 0.220. The van der Waals surface area contributed by atoms with Gasteiger partial charge in [-0.2, -0.15) is 0 Å². The lowest BCUT2D eigenvalue weighted by Gasteiger charge is -2.14. The zero-order valence-electron chi connectivity index (χ0n) is 15.9. The van der Waals surface area contributed by atoms with Gasteiger partial charge in [0.25, 0.3) is 5.91 Å². The average molecular weight is 402 g/mol. The van der Waals surface area contributed by atoms with Crippen LogP contribution < -0.4 is 14.8 Å². The summed E-state index contributed by atoms with van der Waals surface area (Å²) in [5.74, 6) is 1.15. The maximum Gasteiger partial charge on any atom is 0.266 e. The van der Waals surface area contributed by atoms with E-state index in [9.17, 15) is 4.79 Å². The molecule has 1 aromatic heterocycles. The van der Waals surface area contributed by atoms with Crippen LogP contribution in [0.25, 0.3) is 11.3 Å². The number of hydrogen-bond acceptors (Lipinski definition) is 6. The fourth-order valence-corrected chi connectivity index (χ4v) is 2.77. The fraction of sp³-hybridized carbons (Fsp3) is 0.250. The number of anilines is 1. The van der Waals surface area contributed by atoms with Crippen molar-refractivity contribution in [3.8, 4) is 22.8 Å². The molecule has 0 radical (unpaired) electrons. The second-order valence-corrected chi connectivity index (χ2v) is 6.71. The Morgan fingerprint density at radius 3 is 2.61 bits per heavy atom. The van der Waals surface area contributed by atoms with E-state index in [2.05, 4.69) is 15.6 Å². The standard InChI is InChI=1S/C20H20ClN3O4/c1-11-10-15(6-7-16(11)21)27-13(3)20(25)22-19-18(23-28-24-19)14-5-8-17(26-4)12(2)9-14/h5-10,13H,1-4H3,(H,22,24,25)/t13-/m0/s1. The lowest BCUT2D eigenvalue weighted by molar-refractivity contribution is -0.122. The van der Waals surface area contributed by atoms with Crippen LogP contribution in [0.15, 0.2) is 41.0 Å². The number of methoxy groups -OCH3 is 1. The summed E-state index contributed by atoms with van der Waals surface area (Å²) in [5.41, 5.74) is 2.96. The molecule has 1 atom stereocenters. The Balaban J connectivity index is 1.73. The van der Waals surface area contributed by atoms with Crippen molar-refractivity contribution in [3.63, 3.8) is 0 Å². The van der Waals surface area contributed by atoms with E-state index in [1.807, 2.05) is 32.0 Å². The van der Waals surface area contributed by atoms with Crippen molar-refractivity contribution < 1.29 is 18.9 Å². The number of hydrogen-bond donors (Lipinski definition) is 1. The van der Waals surface area contributed by atoms with Crippen molar-refractivity contribution in [2.75, 3.05) is 12.4 Å². The first-order chi connectivity index (χ1) is 13.4. The van der Waals surface area contributed by atoms with Crippen LogP contribution in [-0.4, -0.2) is 29.4 Å². The van der Waals surface area contributed by atoms with E-state index in [0.29, 0.717) is 16.5 Å². The third kappa shape index (κ3) is 4.26. The highest BCUT2D eigenvalue weighted by Gasteiger charge is 2.21. The zero-order valence-corrected chi connectivity index (χ0v) is 16.7. The van der Waals surface area contributed by atoms with Gasteiger partial charge in [0.15, 0.2) is 11.8 Å². The molecule has 0 spiro atoms.